The van der Waals surface area contributed by atoms with Crippen molar-refractivity contribution in [1.29, 1.82) is 0 Å². The zero-order valence-electron chi connectivity index (χ0n) is 9.95. The van der Waals surface area contributed by atoms with Crippen LogP contribution in [0.5, 0.6) is 5.75 Å². The zero-order chi connectivity index (χ0) is 13.6. The maximum absolute atomic E-state index is 12.2. The molecule has 0 aromatic carbocycles. The predicted octanol–water partition coefficient (Wildman–Crippen LogP) is 1.67. The Hall–Kier alpha value is -1.10. The number of aromatic nitrogens is 1. The van der Waals surface area contributed by atoms with Gasteiger partial charge in [0.05, 0.1) is 6.20 Å². The van der Waals surface area contributed by atoms with Gasteiger partial charge in [0.2, 0.25) is 0 Å². The molecule has 0 aliphatic carbocycles. The molecule has 1 aromatic rings. The Morgan fingerprint density at radius 1 is 1.41 bits per heavy atom. The first-order valence-corrected chi connectivity index (χ1v) is 5.03. The van der Waals surface area contributed by atoms with Crippen molar-refractivity contribution in [2.75, 3.05) is 0 Å². The van der Waals surface area contributed by atoms with E-state index in [0.29, 0.717) is 5.56 Å². The number of rotatable bonds is 3. The quantitative estimate of drug-likeness (QED) is 0.644. The number of pyridine rings is 1. The molecule has 0 aliphatic heterocycles. The molecule has 90 valence electrons. The second-order valence-corrected chi connectivity index (χ2v) is 3.03. The lowest BCUT2D eigenvalue weighted by Gasteiger charge is -2.22. The highest BCUT2D eigenvalue weighted by Gasteiger charge is 2.16. The fraction of sp³-hybridized carbons (Fsp3) is 0.500. The van der Waals surface area contributed by atoms with Crippen molar-refractivity contribution < 1.29 is 18.6 Å². The Morgan fingerprint density at radius 3 is 2.29 bits per heavy atom. The van der Waals surface area contributed by atoms with Crippen molar-refractivity contribution in [1.82, 2.24) is 4.98 Å². The van der Waals surface area contributed by atoms with Crippen LogP contribution in [0.4, 0.5) is 8.78 Å². The van der Waals surface area contributed by atoms with Gasteiger partial charge in [0.15, 0.2) is 15.7 Å². The molecule has 0 fully saturated rings. The first-order chi connectivity index (χ1) is 7.79. The zero-order valence-corrected chi connectivity index (χ0v) is 9.95. The molecule has 0 bridgehead atoms. The van der Waals surface area contributed by atoms with Crippen LogP contribution in [0.15, 0.2) is 12.3 Å². The molecule has 17 heavy (non-hydrogen) atoms. The molecule has 0 aliphatic rings. The second-order valence-electron chi connectivity index (χ2n) is 3.03. The SMILES string of the molecule is CC.[B]C([B])(O)Oc1cnc(C(F)F)cc1C. The van der Waals surface area contributed by atoms with E-state index in [1.54, 1.807) is 0 Å². The van der Waals surface area contributed by atoms with Gasteiger partial charge in [-0.25, -0.2) is 8.78 Å². The van der Waals surface area contributed by atoms with Gasteiger partial charge in [0.25, 0.3) is 6.43 Å². The summed E-state index contributed by atoms with van der Waals surface area (Å²) >= 11 is 0. The number of alkyl halides is 2. The van der Waals surface area contributed by atoms with Gasteiger partial charge in [0, 0.05) is 0 Å². The lowest BCUT2D eigenvalue weighted by Crippen LogP contribution is -2.36. The van der Waals surface area contributed by atoms with E-state index in [0.717, 1.165) is 12.3 Å². The topological polar surface area (TPSA) is 42.4 Å². The smallest absolute Gasteiger partial charge is 0.280 e. The molecule has 1 aromatic heterocycles. The minimum Gasteiger partial charge on any atom is -0.480 e. The minimum absolute atomic E-state index is 0.0481. The molecule has 4 radical (unpaired) electrons. The van der Waals surface area contributed by atoms with Crippen LogP contribution in [-0.2, 0) is 0 Å². The van der Waals surface area contributed by atoms with Gasteiger partial charge in [0.1, 0.15) is 17.0 Å². The number of ether oxygens (including phenoxy) is 1. The van der Waals surface area contributed by atoms with E-state index in [1.807, 2.05) is 13.8 Å². The van der Waals surface area contributed by atoms with E-state index in [-0.39, 0.29) is 11.4 Å². The van der Waals surface area contributed by atoms with Gasteiger partial charge >= 0.3 is 0 Å². The number of hydrogen-bond donors (Lipinski definition) is 1. The Bertz CT molecular complexity index is 357. The molecule has 3 nitrogen and oxygen atoms in total. The average Bonchev–Trinajstić information content (AvgIpc) is 2.22. The number of halogens is 2. The largest absolute Gasteiger partial charge is 0.480 e. The summed E-state index contributed by atoms with van der Waals surface area (Å²) in [5.41, 5.74) is -2.37. The normalized spacial score (nSPS) is 10.8. The number of hydrogen-bond acceptors (Lipinski definition) is 3. The maximum atomic E-state index is 12.2. The molecule has 7 heteroatoms. The van der Waals surface area contributed by atoms with Gasteiger partial charge in [-0.15, -0.1) is 0 Å². The maximum Gasteiger partial charge on any atom is 0.280 e. The number of aliphatic hydroxyl groups is 1. The van der Waals surface area contributed by atoms with Gasteiger partial charge in [-0.05, 0) is 18.6 Å². The van der Waals surface area contributed by atoms with Crippen LogP contribution in [0.1, 0.15) is 31.5 Å². The summed E-state index contributed by atoms with van der Waals surface area (Å²) < 4.78 is 29.1. The monoisotopic (exact) mass is 239 g/mol. The van der Waals surface area contributed by atoms with Gasteiger partial charge in [-0.1, -0.05) is 13.8 Å². The van der Waals surface area contributed by atoms with Crippen LogP contribution < -0.4 is 4.74 Å². The summed E-state index contributed by atoms with van der Waals surface area (Å²) in [5.74, 6) is 0.0481. The van der Waals surface area contributed by atoms with Crippen LogP contribution in [0.2, 0.25) is 0 Å². The predicted molar refractivity (Wildman–Crippen MR) is 62.4 cm³/mol. The minimum atomic E-state index is -2.66. The summed E-state index contributed by atoms with van der Waals surface area (Å²) in [4.78, 5) is 3.43. The Morgan fingerprint density at radius 2 is 1.94 bits per heavy atom. The molecule has 0 saturated heterocycles. The molecule has 0 unspecified atom stereocenters. The third kappa shape index (κ3) is 5.68. The summed E-state index contributed by atoms with van der Waals surface area (Å²) in [6.07, 6.45) is -1.63. The molecule has 0 amide bonds. The molecule has 1 heterocycles. The van der Waals surface area contributed by atoms with Crippen molar-refractivity contribution in [2.45, 2.75) is 32.8 Å². The van der Waals surface area contributed by atoms with Crippen LogP contribution in [0.3, 0.4) is 0 Å². The lowest BCUT2D eigenvalue weighted by molar-refractivity contribution is 0.0118. The van der Waals surface area contributed by atoms with Crippen LogP contribution in [0, 0.1) is 6.92 Å². The highest BCUT2D eigenvalue weighted by molar-refractivity contribution is 6.37. The van der Waals surface area contributed by atoms with E-state index < -0.39 is 12.0 Å². The van der Waals surface area contributed by atoms with E-state index >= 15 is 0 Å². The molecule has 1 rings (SSSR count). The Balaban J connectivity index is 0.00000121. The average molecular weight is 239 g/mol. The van der Waals surface area contributed by atoms with Crippen LogP contribution in [0.25, 0.3) is 0 Å². The van der Waals surface area contributed by atoms with E-state index in [2.05, 4.69) is 9.72 Å². The highest BCUT2D eigenvalue weighted by atomic mass is 19.3. The lowest BCUT2D eigenvalue weighted by atomic mass is 9.76. The first-order valence-electron chi connectivity index (χ1n) is 5.03. The van der Waals surface area contributed by atoms with Crippen molar-refractivity contribution in [3.8, 4) is 5.75 Å². The fourth-order valence-electron chi connectivity index (χ4n) is 0.968. The summed E-state index contributed by atoms with van der Waals surface area (Å²) in [7, 11) is 9.94. The molecule has 0 atom stereocenters. The molecule has 1 N–H and O–H groups in total. The van der Waals surface area contributed by atoms with Crippen LogP contribution in [-0.4, -0.2) is 31.4 Å². The van der Waals surface area contributed by atoms with Crippen molar-refractivity contribution in [3.05, 3.63) is 23.5 Å². The van der Waals surface area contributed by atoms with E-state index in [4.69, 9.17) is 20.8 Å². The fourth-order valence-corrected chi connectivity index (χ4v) is 0.968. The van der Waals surface area contributed by atoms with E-state index in [9.17, 15) is 8.78 Å². The second kappa shape index (κ2) is 6.59. The summed E-state index contributed by atoms with van der Waals surface area (Å²) in [5, 5.41) is 8.93. The van der Waals surface area contributed by atoms with Gasteiger partial charge in [-0.2, -0.15) is 0 Å². The molecule has 0 saturated carbocycles. The Kier molecular flexibility index (Phi) is 6.16. The van der Waals surface area contributed by atoms with Gasteiger partial charge in [-0.3, -0.25) is 4.98 Å². The standard InChI is InChI=1S/C8H7B2F2NO2.C2H6/c1-4-2-5(7(11)12)13-3-6(4)15-8(9,10)14;1-2/h2-3,7,14H,1H3;1-2H3. The summed E-state index contributed by atoms with van der Waals surface area (Å²) in [6.45, 7) is 5.51. The van der Waals surface area contributed by atoms with Crippen molar-refractivity contribution in [3.63, 3.8) is 0 Å². The molecular formula is C10H13B2F2NO2. The summed E-state index contributed by atoms with van der Waals surface area (Å²) in [6, 6.07) is 1.13. The first kappa shape index (κ1) is 15.9. The van der Waals surface area contributed by atoms with Gasteiger partial charge < -0.3 is 9.84 Å². The highest BCUT2D eigenvalue weighted by Crippen LogP contribution is 2.24. The Labute approximate surface area is 102 Å². The molecule has 0 spiro atoms. The number of aryl methyl sites for hydroxylation is 1. The van der Waals surface area contributed by atoms with E-state index in [1.165, 1.54) is 6.92 Å². The third-order valence-electron chi connectivity index (χ3n) is 1.58. The third-order valence-corrected chi connectivity index (χ3v) is 1.58. The van der Waals surface area contributed by atoms with Crippen molar-refractivity contribution in [2.24, 2.45) is 0 Å². The number of nitrogens with zero attached hydrogens (tertiary/aromatic N) is 1. The van der Waals surface area contributed by atoms with Crippen molar-refractivity contribution >= 4 is 15.7 Å². The van der Waals surface area contributed by atoms with Crippen LogP contribution >= 0.6 is 0 Å². The molecular weight excluding hydrogens is 226 g/mol.